The largest absolute Gasteiger partial charge is 0.494 e. The van der Waals surface area contributed by atoms with Gasteiger partial charge in [-0.1, -0.05) is 6.07 Å². The van der Waals surface area contributed by atoms with Gasteiger partial charge in [-0.05, 0) is 45.0 Å². The van der Waals surface area contributed by atoms with Crippen LogP contribution >= 0.6 is 0 Å². The number of hydrogen-bond acceptors (Lipinski definition) is 9. The highest BCUT2D eigenvalue weighted by atomic mass is 32.2. The third-order valence-corrected chi connectivity index (χ3v) is 7.04. The summed E-state index contributed by atoms with van der Waals surface area (Å²) in [5.41, 5.74) is 1.73. The molecule has 1 aromatic carbocycles. The lowest BCUT2D eigenvalue weighted by atomic mass is 10.2. The standard InChI is InChI=1S/C23H26N6O5S/c1-14-12-25-17(13-24-14)11-16(3)35(30,31)28-23-27-26-22(20-10-9-15(2)34-20)29(23)21-18(32-4)7-6-8-19(21)33-5/h6-10,12-13,16H,11H2,1-5H3,(H,27,28). The van der Waals surface area contributed by atoms with Crippen molar-refractivity contribution in [3.8, 4) is 28.8 Å². The number of aromatic nitrogens is 5. The van der Waals surface area contributed by atoms with Crippen molar-refractivity contribution in [3.05, 3.63) is 59.9 Å². The van der Waals surface area contributed by atoms with Gasteiger partial charge in [-0.15, -0.1) is 10.2 Å². The number of benzene rings is 1. The first-order chi connectivity index (χ1) is 16.7. The number of methoxy groups -OCH3 is 2. The Hall–Kier alpha value is -3.93. The maximum Gasteiger partial charge on any atom is 0.243 e. The molecule has 0 bridgehead atoms. The number of furan rings is 1. The average Bonchev–Trinajstić information content (AvgIpc) is 3.45. The highest BCUT2D eigenvalue weighted by Gasteiger charge is 2.29. The number of rotatable bonds is 9. The van der Waals surface area contributed by atoms with Gasteiger partial charge >= 0.3 is 0 Å². The van der Waals surface area contributed by atoms with Crippen LogP contribution in [-0.2, 0) is 16.4 Å². The van der Waals surface area contributed by atoms with Gasteiger partial charge < -0.3 is 13.9 Å². The Kier molecular flexibility index (Phi) is 6.74. The molecule has 12 heteroatoms. The van der Waals surface area contributed by atoms with E-state index in [1.54, 1.807) is 56.6 Å². The maximum atomic E-state index is 13.3. The van der Waals surface area contributed by atoms with E-state index in [1.807, 2.05) is 6.92 Å². The summed E-state index contributed by atoms with van der Waals surface area (Å²) in [4.78, 5) is 8.45. The fourth-order valence-corrected chi connectivity index (χ4v) is 4.46. The summed E-state index contributed by atoms with van der Waals surface area (Å²) in [6.45, 7) is 5.20. The fourth-order valence-electron chi connectivity index (χ4n) is 3.49. The van der Waals surface area contributed by atoms with E-state index in [-0.39, 0.29) is 18.2 Å². The second-order valence-electron chi connectivity index (χ2n) is 7.91. The summed E-state index contributed by atoms with van der Waals surface area (Å²) < 4.78 is 47.5. The van der Waals surface area contributed by atoms with Crippen molar-refractivity contribution < 1.29 is 22.3 Å². The van der Waals surface area contributed by atoms with Gasteiger partial charge in [-0.25, -0.2) is 8.42 Å². The molecule has 1 N–H and O–H groups in total. The molecule has 4 rings (SSSR count). The van der Waals surface area contributed by atoms with Crippen molar-refractivity contribution in [1.29, 1.82) is 0 Å². The molecular weight excluding hydrogens is 472 g/mol. The van der Waals surface area contributed by atoms with E-state index < -0.39 is 15.3 Å². The van der Waals surface area contributed by atoms with E-state index in [1.165, 1.54) is 18.8 Å². The minimum atomic E-state index is -3.91. The van der Waals surface area contributed by atoms with Gasteiger partial charge in [0.2, 0.25) is 21.8 Å². The minimum Gasteiger partial charge on any atom is -0.494 e. The third kappa shape index (κ3) is 4.97. The molecule has 0 aliphatic rings. The van der Waals surface area contributed by atoms with Crippen LogP contribution in [0.4, 0.5) is 5.95 Å². The Labute approximate surface area is 203 Å². The van der Waals surface area contributed by atoms with E-state index in [0.717, 1.165) is 5.69 Å². The van der Waals surface area contributed by atoms with Crippen molar-refractivity contribution in [2.45, 2.75) is 32.4 Å². The van der Waals surface area contributed by atoms with Crippen LogP contribution in [0.1, 0.15) is 24.1 Å². The number of aryl methyl sites for hydroxylation is 2. The molecule has 0 saturated carbocycles. The van der Waals surface area contributed by atoms with Crippen molar-refractivity contribution >= 4 is 16.0 Å². The van der Waals surface area contributed by atoms with Gasteiger partial charge in [-0.3, -0.25) is 19.3 Å². The highest BCUT2D eigenvalue weighted by Crippen LogP contribution is 2.38. The van der Waals surface area contributed by atoms with Crippen LogP contribution < -0.4 is 14.2 Å². The summed E-state index contributed by atoms with van der Waals surface area (Å²) in [6, 6.07) is 8.73. The van der Waals surface area contributed by atoms with E-state index >= 15 is 0 Å². The quantitative estimate of drug-likeness (QED) is 0.369. The first-order valence-corrected chi connectivity index (χ1v) is 12.3. The topological polar surface area (TPSA) is 134 Å². The molecule has 1 unspecified atom stereocenters. The Bertz CT molecular complexity index is 1410. The summed E-state index contributed by atoms with van der Waals surface area (Å²) >= 11 is 0. The van der Waals surface area contributed by atoms with Crippen molar-refractivity contribution in [3.63, 3.8) is 0 Å². The molecular formula is C23H26N6O5S. The van der Waals surface area contributed by atoms with Crippen LogP contribution in [0.15, 0.2) is 47.1 Å². The van der Waals surface area contributed by atoms with Crippen molar-refractivity contribution in [1.82, 2.24) is 24.7 Å². The molecule has 1 atom stereocenters. The normalized spacial score (nSPS) is 12.4. The van der Waals surface area contributed by atoms with E-state index in [2.05, 4.69) is 24.9 Å². The van der Waals surface area contributed by atoms with Crippen LogP contribution in [0.5, 0.6) is 11.5 Å². The Morgan fingerprint density at radius 1 is 1.03 bits per heavy atom. The molecule has 0 spiro atoms. The molecule has 0 aliphatic carbocycles. The smallest absolute Gasteiger partial charge is 0.243 e. The number of nitrogens with one attached hydrogen (secondary N) is 1. The average molecular weight is 499 g/mol. The second kappa shape index (κ2) is 9.74. The molecule has 0 aliphatic heterocycles. The fraction of sp³-hybridized carbons (Fsp3) is 0.304. The van der Waals surface area contributed by atoms with E-state index in [9.17, 15) is 8.42 Å². The zero-order valence-corrected chi connectivity index (χ0v) is 20.8. The van der Waals surface area contributed by atoms with Crippen LogP contribution in [0.3, 0.4) is 0 Å². The lowest BCUT2D eigenvalue weighted by Gasteiger charge is -2.18. The monoisotopic (exact) mass is 498 g/mol. The zero-order chi connectivity index (χ0) is 25.2. The van der Waals surface area contributed by atoms with Gasteiger partial charge in [0.1, 0.15) is 22.9 Å². The molecule has 35 heavy (non-hydrogen) atoms. The van der Waals surface area contributed by atoms with Crippen molar-refractivity contribution in [2.24, 2.45) is 0 Å². The van der Waals surface area contributed by atoms with E-state index in [0.29, 0.717) is 34.4 Å². The summed E-state index contributed by atoms with van der Waals surface area (Å²) in [5.74, 6) is 2.15. The van der Waals surface area contributed by atoms with Crippen LogP contribution in [0.2, 0.25) is 0 Å². The number of ether oxygens (including phenoxy) is 2. The Balaban J connectivity index is 1.79. The van der Waals surface area contributed by atoms with Crippen LogP contribution in [0.25, 0.3) is 17.3 Å². The van der Waals surface area contributed by atoms with Gasteiger partial charge in [0.25, 0.3) is 0 Å². The molecule has 0 saturated heterocycles. The van der Waals surface area contributed by atoms with Gasteiger partial charge in [0.05, 0.1) is 30.9 Å². The van der Waals surface area contributed by atoms with Gasteiger partial charge in [-0.2, -0.15) is 0 Å². The molecule has 11 nitrogen and oxygen atoms in total. The molecule has 0 fully saturated rings. The number of anilines is 1. The lowest BCUT2D eigenvalue weighted by molar-refractivity contribution is 0.391. The lowest BCUT2D eigenvalue weighted by Crippen LogP contribution is -2.29. The summed E-state index contributed by atoms with van der Waals surface area (Å²) in [6.07, 6.45) is 3.34. The number of nitrogens with zero attached hydrogens (tertiary/aromatic N) is 5. The van der Waals surface area contributed by atoms with E-state index in [4.69, 9.17) is 13.9 Å². The summed E-state index contributed by atoms with van der Waals surface area (Å²) in [5, 5.41) is 7.53. The first-order valence-electron chi connectivity index (χ1n) is 10.8. The zero-order valence-electron chi connectivity index (χ0n) is 20.0. The SMILES string of the molecule is COc1cccc(OC)c1-n1c(NS(=O)(=O)C(C)Cc2cnc(C)cn2)nnc1-c1ccc(C)o1. The third-order valence-electron chi connectivity index (χ3n) is 5.34. The first kappa shape index (κ1) is 24.2. The molecule has 4 aromatic rings. The molecule has 3 heterocycles. The predicted molar refractivity (Wildman–Crippen MR) is 129 cm³/mol. The number of para-hydroxylation sites is 1. The van der Waals surface area contributed by atoms with Gasteiger partial charge in [0.15, 0.2) is 5.76 Å². The van der Waals surface area contributed by atoms with Crippen LogP contribution in [0, 0.1) is 13.8 Å². The number of hydrogen-bond donors (Lipinski definition) is 1. The van der Waals surface area contributed by atoms with Gasteiger partial charge in [0, 0.05) is 18.8 Å². The molecule has 0 radical (unpaired) electrons. The predicted octanol–water partition coefficient (Wildman–Crippen LogP) is 3.32. The number of sulfonamides is 1. The Morgan fingerprint density at radius 3 is 2.31 bits per heavy atom. The summed E-state index contributed by atoms with van der Waals surface area (Å²) in [7, 11) is -0.893. The molecule has 0 amide bonds. The molecule has 3 aromatic heterocycles. The van der Waals surface area contributed by atoms with Crippen LogP contribution in [-0.4, -0.2) is 52.6 Å². The Morgan fingerprint density at radius 2 is 1.74 bits per heavy atom. The molecule has 184 valence electrons. The highest BCUT2D eigenvalue weighted by molar-refractivity contribution is 7.93. The second-order valence-corrected chi connectivity index (χ2v) is 10.0. The van der Waals surface area contributed by atoms with Crippen molar-refractivity contribution in [2.75, 3.05) is 18.9 Å². The minimum absolute atomic E-state index is 0.0429. The maximum absolute atomic E-state index is 13.3.